The van der Waals surface area contributed by atoms with Crippen LogP contribution in [0.3, 0.4) is 0 Å². The van der Waals surface area contributed by atoms with Crippen LogP contribution in [-0.4, -0.2) is 58.8 Å². The largest absolute Gasteiger partial charge is 0.353 e. The first-order chi connectivity index (χ1) is 16.7. The van der Waals surface area contributed by atoms with Gasteiger partial charge < -0.3 is 9.47 Å². The third-order valence-electron chi connectivity index (χ3n) is 6.88. The van der Waals surface area contributed by atoms with E-state index in [9.17, 15) is 0 Å². The van der Waals surface area contributed by atoms with Gasteiger partial charge in [0, 0.05) is 36.8 Å². The molecule has 0 saturated carbocycles. The number of hydrazine groups is 1. The Morgan fingerprint density at radius 1 is 1.29 bits per heavy atom. The average molecular weight is 495 g/mol. The number of fused-ring (bicyclic) bond motifs is 2. The molecule has 1 fully saturated rings. The number of rotatable bonds is 7. The Balaban J connectivity index is 1.08. The van der Waals surface area contributed by atoms with Crippen LogP contribution in [0.2, 0.25) is 0 Å². The second-order valence-corrected chi connectivity index (χ2v) is 11.1. The molecule has 8 heteroatoms. The van der Waals surface area contributed by atoms with Crippen molar-refractivity contribution in [3.05, 3.63) is 70.4 Å². The maximum atomic E-state index is 5.98. The van der Waals surface area contributed by atoms with Gasteiger partial charge in [-0.3, -0.25) is 15.3 Å². The minimum atomic E-state index is -0.00788. The van der Waals surface area contributed by atoms with E-state index >= 15 is 0 Å². The number of benzene rings is 1. The molecule has 3 unspecified atom stereocenters. The first-order valence-corrected chi connectivity index (χ1v) is 13.8. The predicted molar refractivity (Wildman–Crippen MR) is 140 cm³/mol. The first-order valence-electron chi connectivity index (χ1n) is 12.1. The van der Waals surface area contributed by atoms with Crippen molar-refractivity contribution in [2.24, 2.45) is 0 Å². The molecule has 0 bridgehead atoms. The van der Waals surface area contributed by atoms with Crippen molar-refractivity contribution in [2.45, 2.75) is 43.8 Å². The van der Waals surface area contributed by atoms with E-state index in [4.69, 9.17) is 9.47 Å². The summed E-state index contributed by atoms with van der Waals surface area (Å²) in [6, 6.07) is 6.76. The molecule has 0 spiro atoms. The summed E-state index contributed by atoms with van der Waals surface area (Å²) in [5, 5.41) is 2.49. The van der Waals surface area contributed by atoms with Crippen molar-refractivity contribution in [1.29, 1.82) is 0 Å². The molecule has 0 radical (unpaired) electrons. The quantitative estimate of drug-likeness (QED) is 0.510. The number of thioether (sulfide) groups is 1. The standard InChI is InChI=1S/C26H30N4O2S2/c1-18-20(9-11-29(18)12-14-32-26-6-2-3-13-31-26)25-16-22-24(34-25)5-4-10-30(22)28-19-7-8-23-21(15-19)27-17-33-23/h4-5,7-10,15-18,25-26,28H,2-3,6,11-14H2,1H3. The van der Waals surface area contributed by atoms with Crippen LogP contribution in [0, 0.1) is 0 Å². The Bertz CT molecular complexity index is 1160. The van der Waals surface area contributed by atoms with Crippen LogP contribution >= 0.6 is 23.1 Å². The molecule has 6 rings (SSSR count). The molecule has 34 heavy (non-hydrogen) atoms. The maximum absolute atomic E-state index is 5.98. The zero-order chi connectivity index (χ0) is 22.9. The Morgan fingerprint density at radius 2 is 2.26 bits per heavy atom. The molecule has 4 aliphatic heterocycles. The van der Waals surface area contributed by atoms with Crippen molar-refractivity contribution in [2.75, 3.05) is 31.7 Å². The van der Waals surface area contributed by atoms with Gasteiger partial charge in [0.15, 0.2) is 6.29 Å². The number of nitrogens with zero attached hydrogens (tertiary/aromatic N) is 3. The van der Waals surface area contributed by atoms with E-state index in [1.807, 2.05) is 17.3 Å². The number of thiazole rings is 1. The molecule has 5 heterocycles. The van der Waals surface area contributed by atoms with Crippen molar-refractivity contribution < 1.29 is 9.47 Å². The van der Waals surface area contributed by atoms with Crippen LogP contribution in [0.15, 0.2) is 70.4 Å². The minimum absolute atomic E-state index is 0.00788. The fourth-order valence-electron chi connectivity index (χ4n) is 4.95. The zero-order valence-electron chi connectivity index (χ0n) is 19.4. The summed E-state index contributed by atoms with van der Waals surface area (Å²) in [7, 11) is 0. The van der Waals surface area contributed by atoms with E-state index in [2.05, 4.69) is 75.9 Å². The Morgan fingerprint density at radius 3 is 3.18 bits per heavy atom. The number of nitrogens with one attached hydrogen (secondary N) is 1. The Kier molecular flexibility index (Phi) is 6.49. The summed E-state index contributed by atoms with van der Waals surface area (Å²) >= 11 is 3.61. The molecule has 178 valence electrons. The molecular formula is C26H30N4O2S2. The molecule has 1 N–H and O–H groups in total. The molecule has 1 saturated heterocycles. The van der Waals surface area contributed by atoms with Gasteiger partial charge in [-0.15, -0.1) is 23.1 Å². The monoisotopic (exact) mass is 494 g/mol. The van der Waals surface area contributed by atoms with Crippen LogP contribution in [0.5, 0.6) is 0 Å². The lowest BCUT2D eigenvalue weighted by atomic mass is 10.1. The van der Waals surface area contributed by atoms with Crippen molar-refractivity contribution in [3.8, 4) is 0 Å². The van der Waals surface area contributed by atoms with E-state index < -0.39 is 0 Å². The molecule has 3 atom stereocenters. The molecule has 4 aliphatic rings. The highest BCUT2D eigenvalue weighted by Gasteiger charge is 2.34. The lowest BCUT2D eigenvalue weighted by Crippen LogP contribution is -2.35. The SMILES string of the molecule is CC1C(C2C=C3C(=CC=CN3Nc3ccc4scnc4c3)S2)=CCN1CCOC1CCCCO1. The van der Waals surface area contributed by atoms with Gasteiger partial charge in [-0.1, -0.05) is 6.08 Å². The topological polar surface area (TPSA) is 49.9 Å². The van der Waals surface area contributed by atoms with Gasteiger partial charge in [0.2, 0.25) is 0 Å². The van der Waals surface area contributed by atoms with E-state index in [0.29, 0.717) is 11.3 Å². The molecule has 1 aromatic carbocycles. The third-order valence-corrected chi connectivity index (χ3v) is 8.95. The highest BCUT2D eigenvalue weighted by molar-refractivity contribution is 8.04. The van der Waals surface area contributed by atoms with Crippen LogP contribution < -0.4 is 5.43 Å². The second-order valence-electron chi connectivity index (χ2n) is 9.02. The van der Waals surface area contributed by atoms with Crippen molar-refractivity contribution in [3.63, 3.8) is 0 Å². The van der Waals surface area contributed by atoms with Gasteiger partial charge in [0.1, 0.15) is 0 Å². The first kappa shape index (κ1) is 22.4. The number of aromatic nitrogens is 1. The summed E-state index contributed by atoms with van der Waals surface area (Å²) in [5.74, 6) is 0. The number of ether oxygens (including phenoxy) is 2. The fourth-order valence-corrected chi connectivity index (χ4v) is 6.95. The van der Waals surface area contributed by atoms with Gasteiger partial charge in [-0.25, -0.2) is 4.98 Å². The van der Waals surface area contributed by atoms with Crippen LogP contribution in [0.25, 0.3) is 10.2 Å². The van der Waals surface area contributed by atoms with Crippen LogP contribution in [0.4, 0.5) is 5.69 Å². The molecule has 2 aromatic rings. The summed E-state index contributed by atoms with van der Waals surface area (Å²) < 4.78 is 12.9. The van der Waals surface area contributed by atoms with E-state index in [1.54, 1.807) is 11.3 Å². The minimum Gasteiger partial charge on any atom is -0.353 e. The molecule has 1 aromatic heterocycles. The van der Waals surface area contributed by atoms with Crippen molar-refractivity contribution >= 4 is 39.0 Å². The molecular weight excluding hydrogens is 464 g/mol. The van der Waals surface area contributed by atoms with E-state index in [-0.39, 0.29) is 6.29 Å². The van der Waals surface area contributed by atoms with E-state index in [0.717, 1.165) is 50.3 Å². The van der Waals surface area contributed by atoms with Crippen molar-refractivity contribution in [1.82, 2.24) is 14.9 Å². The van der Waals surface area contributed by atoms with Gasteiger partial charge in [-0.05, 0) is 68.2 Å². The number of hydrogen-bond acceptors (Lipinski definition) is 8. The third kappa shape index (κ3) is 4.57. The number of anilines is 1. The molecule has 0 aliphatic carbocycles. The summed E-state index contributed by atoms with van der Waals surface area (Å²) in [6.45, 7) is 5.80. The Labute approximate surface area is 209 Å². The lowest BCUT2D eigenvalue weighted by Gasteiger charge is -2.27. The maximum Gasteiger partial charge on any atom is 0.157 e. The second kappa shape index (κ2) is 9.87. The summed E-state index contributed by atoms with van der Waals surface area (Å²) in [6.07, 6.45) is 14.6. The van der Waals surface area contributed by atoms with E-state index in [1.165, 1.54) is 27.3 Å². The normalized spacial score (nSPS) is 27.0. The predicted octanol–water partition coefficient (Wildman–Crippen LogP) is 5.51. The Hall–Kier alpha value is -2.10. The van der Waals surface area contributed by atoms with Crippen LogP contribution in [-0.2, 0) is 9.47 Å². The smallest absolute Gasteiger partial charge is 0.157 e. The molecule has 6 nitrogen and oxygen atoms in total. The van der Waals surface area contributed by atoms with Gasteiger partial charge >= 0.3 is 0 Å². The highest BCUT2D eigenvalue weighted by Crippen LogP contribution is 2.45. The highest BCUT2D eigenvalue weighted by atomic mass is 32.2. The van der Waals surface area contributed by atoms with Gasteiger partial charge in [0.05, 0.1) is 39.0 Å². The number of hydrogen-bond donors (Lipinski definition) is 1. The fraction of sp³-hybridized carbons (Fsp3) is 0.423. The zero-order valence-corrected chi connectivity index (χ0v) is 21.0. The summed E-state index contributed by atoms with van der Waals surface area (Å²) in [4.78, 5) is 8.26. The summed E-state index contributed by atoms with van der Waals surface area (Å²) in [5.41, 5.74) is 10.2. The average Bonchev–Trinajstić information content (AvgIpc) is 3.58. The lowest BCUT2D eigenvalue weighted by molar-refractivity contribution is -0.164. The molecule has 0 amide bonds. The van der Waals surface area contributed by atoms with Gasteiger partial charge in [-0.2, -0.15) is 0 Å². The van der Waals surface area contributed by atoms with Gasteiger partial charge in [0.25, 0.3) is 0 Å². The van der Waals surface area contributed by atoms with Crippen LogP contribution in [0.1, 0.15) is 26.2 Å². The number of allylic oxidation sites excluding steroid dienone is 2.